The minimum Gasteiger partial charge on any atom is -0.478 e. The number of carbonyl (C=O) groups is 1. The number of nitro benzene ring substituents is 1. The topological polar surface area (TPSA) is 80.4 Å². The van der Waals surface area contributed by atoms with Gasteiger partial charge in [-0.2, -0.15) is 4.39 Å². The second-order valence-electron chi connectivity index (χ2n) is 3.75. The Balaban J connectivity index is 2.49. The third-order valence-corrected chi connectivity index (χ3v) is 3.59. The van der Waals surface area contributed by atoms with Gasteiger partial charge in [-0.1, -0.05) is 30.0 Å². The number of rotatable bonds is 4. The van der Waals surface area contributed by atoms with Gasteiger partial charge in [-0.3, -0.25) is 10.1 Å². The van der Waals surface area contributed by atoms with Crippen molar-refractivity contribution in [3.05, 3.63) is 64.0 Å². The Kier molecular flexibility index (Phi) is 3.99. The molecule has 2 aromatic carbocycles. The van der Waals surface area contributed by atoms with Crippen molar-refractivity contribution in [1.82, 2.24) is 0 Å². The van der Waals surface area contributed by atoms with Crippen molar-refractivity contribution in [2.45, 2.75) is 9.79 Å². The summed E-state index contributed by atoms with van der Waals surface area (Å²) < 4.78 is 13.5. The normalized spacial score (nSPS) is 10.2. The molecule has 0 radical (unpaired) electrons. The van der Waals surface area contributed by atoms with Gasteiger partial charge in [0.2, 0.25) is 5.82 Å². The first-order valence-electron chi connectivity index (χ1n) is 5.44. The van der Waals surface area contributed by atoms with E-state index in [2.05, 4.69) is 0 Å². The summed E-state index contributed by atoms with van der Waals surface area (Å²) in [6, 6.07) is 9.77. The Morgan fingerprint density at radius 1 is 1.15 bits per heavy atom. The van der Waals surface area contributed by atoms with Crippen LogP contribution in [-0.4, -0.2) is 16.0 Å². The van der Waals surface area contributed by atoms with Crippen molar-refractivity contribution in [2.75, 3.05) is 0 Å². The molecule has 0 heterocycles. The van der Waals surface area contributed by atoms with Crippen LogP contribution in [0.4, 0.5) is 10.1 Å². The van der Waals surface area contributed by atoms with E-state index in [1.165, 1.54) is 24.3 Å². The van der Waals surface area contributed by atoms with Crippen LogP contribution < -0.4 is 0 Å². The molecule has 0 fully saturated rings. The Bertz CT molecular complexity index is 690. The first kappa shape index (κ1) is 14.0. The van der Waals surface area contributed by atoms with Gasteiger partial charge in [0.05, 0.1) is 15.4 Å². The highest BCUT2D eigenvalue weighted by Gasteiger charge is 2.22. The molecule has 0 aliphatic rings. The molecule has 0 atom stereocenters. The molecule has 0 aliphatic heterocycles. The SMILES string of the molecule is O=C(O)c1ccccc1Sc1cccc(F)c1[N+](=O)[O-]. The molecule has 0 aromatic heterocycles. The van der Waals surface area contributed by atoms with Gasteiger partial charge >= 0.3 is 11.7 Å². The van der Waals surface area contributed by atoms with E-state index in [-0.39, 0.29) is 10.5 Å². The second kappa shape index (κ2) is 5.70. The van der Waals surface area contributed by atoms with Crippen LogP contribution in [0.1, 0.15) is 10.4 Å². The van der Waals surface area contributed by atoms with Gasteiger partial charge in [0.25, 0.3) is 0 Å². The molecule has 5 nitrogen and oxygen atoms in total. The Morgan fingerprint density at radius 3 is 2.45 bits per heavy atom. The number of nitrogens with zero attached hydrogens (tertiary/aromatic N) is 1. The van der Waals surface area contributed by atoms with E-state index in [0.29, 0.717) is 4.90 Å². The minimum atomic E-state index is -1.15. The average molecular weight is 293 g/mol. The molecule has 0 amide bonds. The minimum absolute atomic E-state index is 0.0102. The zero-order valence-electron chi connectivity index (χ0n) is 9.95. The van der Waals surface area contributed by atoms with Crippen molar-refractivity contribution < 1.29 is 19.2 Å². The van der Waals surface area contributed by atoms with Gasteiger partial charge in [-0.15, -0.1) is 0 Å². The fraction of sp³-hybridized carbons (Fsp3) is 0. The maximum absolute atomic E-state index is 13.5. The van der Waals surface area contributed by atoms with Crippen LogP contribution in [0.15, 0.2) is 52.3 Å². The van der Waals surface area contributed by atoms with Gasteiger partial charge in [-0.05, 0) is 24.3 Å². The molecule has 0 bridgehead atoms. The summed E-state index contributed by atoms with van der Waals surface area (Å²) in [7, 11) is 0. The van der Waals surface area contributed by atoms with E-state index in [4.69, 9.17) is 5.11 Å². The lowest BCUT2D eigenvalue weighted by Gasteiger charge is -2.06. The van der Waals surface area contributed by atoms with E-state index in [0.717, 1.165) is 17.8 Å². The van der Waals surface area contributed by atoms with E-state index in [9.17, 15) is 19.3 Å². The molecule has 0 saturated carbocycles. The van der Waals surface area contributed by atoms with Crippen molar-refractivity contribution in [2.24, 2.45) is 0 Å². The predicted octanol–water partition coefficient (Wildman–Crippen LogP) is 3.58. The number of nitro groups is 1. The van der Waals surface area contributed by atoms with Crippen LogP contribution in [0.5, 0.6) is 0 Å². The summed E-state index contributed by atoms with van der Waals surface area (Å²) in [5.74, 6) is -2.10. The lowest BCUT2D eigenvalue weighted by molar-refractivity contribution is -0.390. The lowest BCUT2D eigenvalue weighted by Crippen LogP contribution is -1.99. The summed E-state index contributed by atoms with van der Waals surface area (Å²) in [5.41, 5.74) is -0.645. The average Bonchev–Trinajstić information content (AvgIpc) is 2.38. The number of carboxylic acid groups (broad SMARTS) is 1. The fourth-order valence-electron chi connectivity index (χ4n) is 1.61. The highest BCUT2D eigenvalue weighted by molar-refractivity contribution is 7.99. The number of para-hydroxylation sites is 1. The van der Waals surface area contributed by atoms with Gasteiger partial charge in [-0.25, -0.2) is 4.79 Å². The van der Waals surface area contributed by atoms with Crippen LogP contribution in [0, 0.1) is 15.9 Å². The smallest absolute Gasteiger partial charge is 0.336 e. The molecule has 7 heteroatoms. The lowest BCUT2D eigenvalue weighted by atomic mass is 10.2. The monoisotopic (exact) mass is 293 g/mol. The van der Waals surface area contributed by atoms with Crippen molar-refractivity contribution in [3.8, 4) is 0 Å². The first-order valence-corrected chi connectivity index (χ1v) is 6.25. The Labute approximate surface area is 117 Å². The van der Waals surface area contributed by atoms with Gasteiger partial charge < -0.3 is 5.11 Å². The Hall–Kier alpha value is -2.41. The maximum Gasteiger partial charge on any atom is 0.336 e. The summed E-state index contributed by atoms with van der Waals surface area (Å²) in [6.07, 6.45) is 0. The zero-order chi connectivity index (χ0) is 14.7. The summed E-state index contributed by atoms with van der Waals surface area (Å²) in [4.78, 5) is 21.5. The quantitative estimate of drug-likeness (QED) is 0.688. The van der Waals surface area contributed by atoms with E-state index >= 15 is 0 Å². The van der Waals surface area contributed by atoms with Crippen LogP contribution in [-0.2, 0) is 0 Å². The largest absolute Gasteiger partial charge is 0.478 e. The highest BCUT2D eigenvalue weighted by atomic mass is 32.2. The highest BCUT2D eigenvalue weighted by Crippen LogP contribution is 2.37. The van der Waals surface area contributed by atoms with Crippen molar-refractivity contribution in [3.63, 3.8) is 0 Å². The summed E-state index contributed by atoms with van der Waals surface area (Å²) in [5, 5.41) is 19.9. The molecule has 2 rings (SSSR count). The molecule has 20 heavy (non-hydrogen) atoms. The van der Waals surface area contributed by atoms with E-state index in [1.54, 1.807) is 12.1 Å². The predicted molar refractivity (Wildman–Crippen MR) is 70.6 cm³/mol. The molecule has 0 spiro atoms. The molecular formula is C13H8FNO4S. The van der Waals surface area contributed by atoms with Crippen molar-refractivity contribution in [1.29, 1.82) is 0 Å². The first-order chi connectivity index (χ1) is 9.50. The van der Waals surface area contributed by atoms with E-state index in [1.807, 2.05) is 0 Å². The van der Waals surface area contributed by atoms with Crippen LogP contribution in [0.2, 0.25) is 0 Å². The number of benzene rings is 2. The second-order valence-corrected chi connectivity index (χ2v) is 4.83. The van der Waals surface area contributed by atoms with Crippen LogP contribution >= 0.6 is 11.8 Å². The number of carboxylic acids is 1. The maximum atomic E-state index is 13.5. The molecular weight excluding hydrogens is 285 g/mol. The summed E-state index contributed by atoms with van der Waals surface area (Å²) >= 11 is 0.849. The Morgan fingerprint density at radius 2 is 1.80 bits per heavy atom. The number of aromatic carboxylic acids is 1. The molecule has 1 N–H and O–H groups in total. The zero-order valence-corrected chi connectivity index (χ0v) is 10.8. The molecule has 0 aliphatic carbocycles. The summed E-state index contributed by atoms with van der Waals surface area (Å²) in [6.45, 7) is 0. The number of hydrogen-bond donors (Lipinski definition) is 1. The van der Waals surface area contributed by atoms with Gasteiger partial charge in [0, 0.05) is 4.90 Å². The number of halogens is 1. The third kappa shape index (κ3) is 2.77. The number of hydrogen-bond acceptors (Lipinski definition) is 4. The molecule has 102 valence electrons. The van der Waals surface area contributed by atoms with Crippen LogP contribution in [0.3, 0.4) is 0 Å². The van der Waals surface area contributed by atoms with Crippen molar-refractivity contribution >= 4 is 23.4 Å². The fourth-order valence-corrected chi connectivity index (χ4v) is 2.67. The van der Waals surface area contributed by atoms with Gasteiger partial charge in [0.15, 0.2) is 0 Å². The van der Waals surface area contributed by atoms with Gasteiger partial charge in [0.1, 0.15) is 0 Å². The standard InChI is InChI=1S/C13H8FNO4S/c14-9-5-3-7-11(12(9)15(18)19)20-10-6-2-1-4-8(10)13(16)17/h1-7H,(H,16,17). The molecule has 0 unspecified atom stereocenters. The molecule has 2 aromatic rings. The van der Waals surface area contributed by atoms with Crippen LogP contribution in [0.25, 0.3) is 0 Å². The molecule has 0 saturated heterocycles. The van der Waals surface area contributed by atoms with E-state index < -0.39 is 22.4 Å². The third-order valence-electron chi connectivity index (χ3n) is 2.47.